The van der Waals surface area contributed by atoms with Gasteiger partial charge in [-0.05, 0) is 32.8 Å². The van der Waals surface area contributed by atoms with E-state index in [-0.39, 0.29) is 61.3 Å². The molecule has 0 unspecified atom stereocenters. The van der Waals surface area contributed by atoms with Crippen LogP contribution in [0.1, 0.15) is 51.2 Å². The van der Waals surface area contributed by atoms with Crippen LogP contribution in [0.3, 0.4) is 0 Å². The molecule has 5 rings (SSSR count). The summed E-state index contributed by atoms with van der Waals surface area (Å²) in [5, 5.41) is 0. The van der Waals surface area contributed by atoms with E-state index in [2.05, 4.69) is 19.9 Å². The number of carbonyl (C=O) groups excluding carboxylic acids is 3. The third kappa shape index (κ3) is 2.94. The molecule has 7 heteroatoms. The minimum atomic E-state index is -0.415. The number of para-hydroxylation sites is 1. The van der Waals surface area contributed by atoms with Crippen LogP contribution < -0.4 is 4.74 Å². The zero-order valence-corrected chi connectivity index (χ0v) is 16.8. The third-order valence-corrected chi connectivity index (χ3v) is 6.93. The first kappa shape index (κ1) is 18.6. The minimum Gasteiger partial charge on any atom is -0.487 e. The summed E-state index contributed by atoms with van der Waals surface area (Å²) in [6.07, 6.45) is 1.88. The Morgan fingerprint density at radius 3 is 2.66 bits per heavy atom. The second-order valence-corrected chi connectivity index (χ2v) is 9.00. The van der Waals surface area contributed by atoms with Crippen LogP contribution in [0.25, 0.3) is 0 Å². The van der Waals surface area contributed by atoms with Gasteiger partial charge in [0.1, 0.15) is 17.9 Å². The molecule has 4 atom stereocenters. The average molecular weight is 398 g/mol. The first-order valence-electron chi connectivity index (χ1n) is 10.4. The normalized spacial score (nSPS) is 32.5. The fourth-order valence-electron chi connectivity index (χ4n) is 5.37. The SMILES string of the molecule is CC1(C)Oc2ccccc2[C@@H]2O[C@@H]3CCN(C(=O)CN4C(=O)CCC4=O)[C@@H]3C[C@H]21. The highest BCUT2D eigenvalue weighted by molar-refractivity contribution is 6.04. The predicted octanol–water partition coefficient (Wildman–Crippen LogP) is 2.05. The Morgan fingerprint density at radius 2 is 1.90 bits per heavy atom. The smallest absolute Gasteiger partial charge is 0.243 e. The van der Waals surface area contributed by atoms with E-state index in [9.17, 15) is 14.4 Å². The molecule has 1 aromatic rings. The molecule has 0 aromatic heterocycles. The zero-order valence-electron chi connectivity index (χ0n) is 16.8. The van der Waals surface area contributed by atoms with Crippen LogP contribution in [0.2, 0.25) is 0 Å². The van der Waals surface area contributed by atoms with E-state index in [4.69, 9.17) is 9.47 Å². The second kappa shape index (κ2) is 6.55. The van der Waals surface area contributed by atoms with Crippen molar-refractivity contribution in [1.82, 2.24) is 9.80 Å². The monoisotopic (exact) mass is 398 g/mol. The molecule has 4 aliphatic rings. The Hall–Kier alpha value is -2.41. The third-order valence-electron chi connectivity index (χ3n) is 6.93. The Balaban J connectivity index is 1.37. The fraction of sp³-hybridized carbons (Fsp3) is 0.591. The summed E-state index contributed by atoms with van der Waals surface area (Å²) >= 11 is 0. The quantitative estimate of drug-likeness (QED) is 0.713. The van der Waals surface area contributed by atoms with Gasteiger partial charge in [0.05, 0.1) is 18.2 Å². The number of hydrogen-bond acceptors (Lipinski definition) is 5. The number of amides is 3. The van der Waals surface area contributed by atoms with Crippen molar-refractivity contribution < 1.29 is 23.9 Å². The summed E-state index contributed by atoms with van der Waals surface area (Å²) in [6, 6.07) is 7.96. The van der Waals surface area contributed by atoms with Crippen LogP contribution in [-0.2, 0) is 19.1 Å². The average Bonchev–Trinajstić information content (AvgIpc) is 3.24. The number of benzene rings is 1. The highest BCUT2D eigenvalue weighted by Gasteiger charge is 2.54. The van der Waals surface area contributed by atoms with Crippen LogP contribution in [0.5, 0.6) is 5.75 Å². The van der Waals surface area contributed by atoms with E-state index in [1.54, 1.807) is 0 Å². The van der Waals surface area contributed by atoms with Crippen molar-refractivity contribution in [3.05, 3.63) is 29.8 Å². The lowest BCUT2D eigenvalue weighted by molar-refractivity contribution is -0.168. The molecule has 0 spiro atoms. The number of hydrogen-bond donors (Lipinski definition) is 0. The lowest BCUT2D eigenvalue weighted by Crippen LogP contribution is -2.55. The summed E-state index contributed by atoms with van der Waals surface area (Å²) < 4.78 is 12.8. The molecule has 4 heterocycles. The number of carbonyl (C=O) groups is 3. The number of nitrogens with zero attached hydrogens (tertiary/aromatic N) is 2. The Kier molecular flexibility index (Phi) is 4.21. The number of imide groups is 1. The summed E-state index contributed by atoms with van der Waals surface area (Å²) in [4.78, 5) is 39.7. The fourth-order valence-corrected chi connectivity index (χ4v) is 5.37. The maximum Gasteiger partial charge on any atom is 0.243 e. The summed E-state index contributed by atoms with van der Waals surface area (Å²) in [5.74, 6) is 0.310. The summed E-state index contributed by atoms with van der Waals surface area (Å²) in [7, 11) is 0. The zero-order chi connectivity index (χ0) is 20.3. The molecule has 4 aliphatic heterocycles. The van der Waals surface area contributed by atoms with E-state index < -0.39 is 5.60 Å². The molecule has 7 nitrogen and oxygen atoms in total. The standard InChI is InChI=1S/C22H26N2O5/c1-22(2)14-11-15-17(28-21(14)13-5-3-4-6-16(13)29-22)9-10-23(15)20(27)12-24-18(25)7-8-19(24)26/h3-6,14-15,17,21H,7-12H2,1-2H3/t14-,15-,17-,21+/m1/s1. The van der Waals surface area contributed by atoms with E-state index in [1.807, 2.05) is 23.1 Å². The molecule has 3 saturated heterocycles. The van der Waals surface area contributed by atoms with Crippen molar-refractivity contribution in [2.75, 3.05) is 13.1 Å². The van der Waals surface area contributed by atoms with Crippen molar-refractivity contribution in [3.63, 3.8) is 0 Å². The molecule has 0 N–H and O–H groups in total. The van der Waals surface area contributed by atoms with Crippen molar-refractivity contribution in [2.45, 2.75) is 63.4 Å². The van der Waals surface area contributed by atoms with E-state index >= 15 is 0 Å². The van der Waals surface area contributed by atoms with Crippen molar-refractivity contribution >= 4 is 17.7 Å². The van der Waals surface area contributed by atoms with Gasteiger partial charge < -0.3 is 14.4 Å². The van der Waals surface area contributed by atoms with Gasteiger partial charge in [-0.3, -0.25) is 19.3 Å². The molecular formula is C22H26N2O5. The summed E-state index contributed by atoms with van der Waals surface area (Å²) in [5.41, 5.74) is 0.663. The van der Waals surface area contributed by atoms with Crippen molar-refractivity contribution in [2.24, 2.45) is 5.92 Å². The van der Waals surface area contributed by atoms with Gasteiger partial charge in [-0.25, -0.2) is 0 Å². The van der Waals surface area contributed by atoms with Crippen LogP contribution in [0, 0.1) is 5.92 Å². The van der Waals surface area contributed by atoms with Crippen LogP contribution in [0.4, 0.5) is 0 Å². The maximum atomic E-state index is 13.0. The molecular weight excluding hydrogens is 372 g/mol. The van der Waals surface area contributed by atoms with Crippen molar-refractivity contribution in [1.29, 1.82) is 0 Å². The van der Waals surface area contributed by atoms with E-state index in [0.717, 1.165) is 29.1 Å². The molecule has 3 fully saturated rings. The van der Waals surface area contributed by atoms with Gasteiger partial charge in [-0.1, -0.05) is 18.2 Å². The van der Waals surface area contributed by atoms with Gasteiger partial charge >= 0.3 is 0 Å². The molecule has 0 bridgehead atoms. The Morgan fingerprint density at radius 1 is 1.17 bits per heavy atom. The van der Waals surface area contributed by atoms with Crippen LogP contribution >= 0.6 is 0 Å². The van der Waals surface area contributed by atoms with Gasteiger partial charge in [0.25, 0.3) is 0 Å². The summed E-state index contributed by atoms with van der Waals surface area (Å²) in [6.45, 7) is 4.59. The lowest BCUT2D eigenvalue weighted by Gasteiger charge is -2.50. The number of rotatable bonds is 2. The molecule has 1 aromatic carbocycles. The largest absolute Gasteiger partial charge is 0.487 e. The van der Waals surface area contributed by atoms with E-state index in [0.29, 0.717) is 6.54 Å². The maximum absolute atomic E-state index is 13.0. The van der Waals surface area contributed by atoms with Gasteiger partial charge in [0.15, 0.2) is 0 Å². The second-order valence-electron chi connectivity index (χ2n) is 9.00. The predicted molar refractivity (Wildman–Crippen MR) is 103 cm³/mol. The Bertz CT molecular complexity index is 866. The molecule has 0 aliphatic carbocycles. The number of ether oxygens (including phenoxy) is 2. The number of fused-ring (bicyclic) bond motifs is 4. The van der Waals surface area contributed by atoms with Gasteiger partial charge in [0, 0.05) is 30.9 Å². The molecule has 0 saturated carbocycles. The number of likely N-dealkylation sites (tertiary alicyclic amines) is 2. The van der Waals surface area contributed by atoms with Gasteiger partial charge in [-0.2, -0.15) is 0 Å². The Labute approximate surface area is 169 Å². The molecule has 154 valence electrons. The van der Waals surface area contributed by atoms with Gasteiger partial charge in [-0.15, -0.1) is 0 Å². The topological polar surface area (TPSA) is 76.2 Å². The highest BCUT2D eigenvalue weighted by atomic mass is 16.5. The van der Waals surface area contributed by atoms with Crippen LogP contribution in [-0.4, -0.2) is 58.4 Å². The first-order chi connectivity index (χ1) is 13.8. The first-order valence-corrected chi connectivity index (χ1v) is 10.4. The minimum absolute atomic E-state index is 0.0351. The molecule has 29 heavy (non-hydrogen) atoms. The molecule has 3 amide bonds. The van der Waals surface area contributed by atoms with Crippen molar-refractivity contribution in [3.8, 4) is 5.75 Å². The van der Waals surface area contributed by atoms with E-state index in [1.165, 1.54) is 0 Å². The van der Waals surface area contributed by atoms with Gasteiger partial charge in [0.2, 0.25) is 17.7 Å². The van der Waals surface area contributed by atoms with Crippen LogP contribution in [0.15, 0.2) is 24.3 Å². The molecule has 0 radical (unpaired) electrons. The highest BCUT2D eigenvalue weighted by Crippen LogP contribution is 2.52. The lowest BCUT2D eigenvalue weighted by atomic mass is 9.74.